The van der Waals surface area contributed by atoms with Crippen molar-refractivity contribution in [2.75, 3.05) is 6.54 Å². The summed E-state index contributed by atoms with van der Waals surface area (Å²) in [4.78, 5) is 1.50. The van der Waals surface area contributed by atoms with Crippen LogP contribution in [0.2, 0.25) is 0 Å². The summed E-state index contributed by atoms with van der Waals surface area (Å²) in [5.74, 6) is 0. The summed E-state index contributed by atoms with van der Waals surface area (Å²) in [7, 11) is 0. The fourth-order valence-electron chi connectivity index (χ4n) is 3.56. The molecule has 0 bridgehead atoms. The molecule has 102 valence electrons. The number of hydrogen-bond donors (Lipinski definition) is 1. The van der Waals surface area contributed by atoms with Gasteiger partial charge in [0.1, 0.15) is 0 Å². The van der Waals surface area contributed by atoms with Crippen molar-refractivity contribution in [1.29, 1.82) is 0 Å². The Bertz CT molecular complexity index is 363. The van der Waals surface area contributed by atoms with E-state index in [-0.39, 0.29) is 0 Å². The predicted octanol–water partition coefficient (Wildman–Crippen LogP) is 5.07. The third kappa shape index (κ3) is 2.65. The maximum absolute atomic E-state index is 3.85. The van der Waals surface area contributed by atoms with Gasteiger partial charge in [0, 0.05) is 10.9 Å². The SMILES string of the molecule is CCCNC(c1ccsc1C)C1(CC)CCCC1. The quantitative estimate of drug-likeness (QED) is 0.757. The second kappa shape index (κ2) is 6.21. The zero-order chi connectivity index (χ0) is 13.0. The van der Waals surface area contributed by atoms with Crippen LogP contribution in [0.4, 0.5) is 0 Å². The molecule has 1 unspecified atom stereocenters. The van der Waals surface area contributed by atoms with Crippen molar-refractivity contribution in [1.82, 2.24) is 5.32 Å². The van der Waals surface area contributed by atoms with Crippen LogP contribution in [-0.4, -0.2) is 6.54 Å². The van der Waals surface area contributed by atoms with E-state index < -0.39 is 0 Å². The summed E-state index contributed by atoms with van der Waals surface area (Å²) in [5.41, 5.74) is 2.08. The summed E-state index contributed by atoms with van der Waals surface area (Å²) < 4.78 is 0. The molecular weight excluding hydrogens is 238 g/mol. The molecule has 1 nitrogen and oxygen atoms in total. The molecule has 0 amide bonds. The highest BCUT2D eigenvalue weighted by atomic mass is 32.1. The largest absolute Gasteiger partial charge is 0.309 e. The van der Waals surface area contributed by atoms with Crippen LogP contribution in [0.25, 0.3) is 0 Å². The first kappa shape index (κ1) is 14.1. The zero-order valence-corrected chi connectivity index (χ0v) is 12.9. The van der Waals surface area contributed by atoms with Crippen molar-refractivity contribution >= 4 is 11.3 Å². The van der Waals surface area contributed by atoms with Crippen LogP contribution in [0.1, 0.15) is 68.9 Å². The molecule has 0 radical (unpaired) electrons. The molecular formula is C16H27NS. The molecule has 0 spiro atoms. The molecule has 0 saturated heterocycles. The van der Waals surface area contributed by atoms with E-state index in [4.69, 9.17) is 0 Å². The fraction of sp³-hybridized carbons (Fsp3) is 0.750. The average molecular weight is 265 g/mol. The molecule has 0 aliphatic heterocycles. The summed E-state index contributed by atoms with van der Waals surface area (Å²) in [6.45, 7) is 8.06. The van der Waals surface area contributed by atoms with Gasteiger partial charge in [-0.3, -0.25) is 0 Å². The van der Waals surface area contributed by atoms with Gasteiger partial charge in [-0.25, -0.2) is 0 Å². The highest BCUT2D eigenvalue weighted by molar-refractivity contribution is 7.10. The van der Waals surface area contributed by atoms with Gasteiger partial charge in [-0.2, -0.15) is 0 Å². The molecule has 18 heavy (non-hydrogen) atoms. The van der Waals surface area contributed by atoms with Gasteiger partial charge in [0.15, 0.2) is 0 Å². The Morgan fingerprint density at radius 1 is 1.33 bits per heavy atom. The average Bonchev–Trinajstić information content (AvgIpc) is 3.01. The Morgan fingerprint density at radius 2 is 2.06 bits per heavy atom. The normalized spacial score (nSPS) is 20.2. The maximum Gasteiger partial charge on any atom is 0.0388 e. The highest BCUT2D eigenvalue weighted by Gasteiger charge is 2.40. The minimum atomic E-state index is 0.515. The molecule has 1 atom stereocenters. The van der Waals surface area contributed by atoms with E-state index in [1.54, 1.807) is 5.56 Å². The molecule has 0 aromatic carbocycles. The lowest BCUT2D eigenvalue weighted by atomic mass is 9.73. The van der Waals surface area contributed by atoms with Crippen molar-refractivity contribution in [2.24, 2.45) is 5.41 Å². The second-order valence-electron chi connectivity index (χ2n) is 5.74. The number of nitrogens with one attached hydrogen (secondary N) is 1. The first-order valence-corrected chi connectivity index (χ1v) is 8.39. The van der Waals surface area contributed by atoms with Crippen LogP contribution < -0.4 is 5.32 Å². The smallest absolute Gasteiger partial charge is 0.0388 e. The number of rotatable bonds is 6. The lowest BCUT2D eigenvalue weighted by molar-refractivity contribution is 0.187. The van der Waals surface area contributed by atoms with Crippen LogP contribution in [0, 0.1) is 12.3 Å². The minimum Gasteiger partial charge on any atom is -0.309 e. The first-order chi connectivity index (χ1) is 8.73. The predicted molar refractivity (Wildman–Crippen MR) is 81.3 cm³/mol. The fourth-order valence-corrected chi connectivity index (χ4v) is 4.31. The molecule has 1 saturated carbocycles. The maximum atomic E-state index is 3.85. The Kier molecular flexibility index (Phi) is 4.85. The van der Waals surface area contributed by atoms with Gasteiger partial charge in [0.25, 0.3) is 0 Å². The van der Waals surface area contributed by atoms with E-state index in [1.807, 2.05) is 11.3 Å². The van der Waals surface area contributed by atoms with E-state index in [9.17, 15) is 0 Å². The summed E-state index contributed by atoms with van der Waals surface area (Å²) in [5, 5.41) is 6.11. The van der Waals surface area contributed by atoms with E-state index in [1.165, 1.54) is 43.4 Å². The van der Waals surface area contributed by atoms with Gasteiger partial charge in [-0.15, -0.1) is 11.3 Å². The standard InChI is InChI=1S/C16H27NS/c1-4-11-17-15(14-8-12-18-13(14)3)16(5-2)9-6-7-10-16/h8,12,15,17H,4-7,9-11H2,1-3H3. The molecule has 1 aliphatic carbocycles. The molecule has 1 aromatic heterocycles. The monoisotopic (exact) mass is 265 g/mol. The Morgan fingerprint density at radius 3 is 2.56 bits per heavy atom. The Labute approximate surface area is 116 Å². The first-order valence-electron chi connectivity index (χ1n) is 7.51. The van der Waals surface area contributed by atoms with E-state index in [0.717, 1.165) is 6.54 Å². The van der Waals surface area contributed by atoms with E-state index in [0.29, 0.717) is 11.5 Å². The number of thiophene rings is 1. The number of hydrogen-bond acceptors (Lipinski definition) is 2. The zero-order valence-electron chi connectivity index (χ0n) is 12.1. The summed E-state index contributed by atoms with van der Waals surface area (Å²) >= 11 is 1.89. The lowest BCUT2D eigenvalue weighted by Crippen LogP contribution is -2.36. The van der Waals surface area contributed by atoms with Crippen molar-refractivity contribution in [2.45, 2.75) is 65.3 Å². The topological polar surface area (TPSA) is 12.0 Å². The molecule has 1 aliphatic rings. The van der Waals surface area contributed by atoms with Crippen LogP contribution in [0.15, 0.2) is 11.4 Å². The van der Waals surface area contributed by atoms with Gasteiger partial charge in [-0.05, 0) is 61.6 Å². The van der Waals surface area contributed by atoms with Gasteiger partial charge >= 0.3 is 0 Å². The van der Waals surface area contributed by atoms with Crippen LogP contribution >= 0.6 is 11.3 Å². The number of aryl methyl sites for hydroxylation is 1. The Balaban J connectivity index is 2.26. The Hall–Kier alpha value is -0.340. The summed E-state index contributed by atoms with van der Waals surface area (Å²) in [6, 6.07) is 2.93. The van der Waals surface area contributed by atoms with Gasteiger partial charge in [-0.1, -0.05) is 26.7 Å². The molecule has 2 rings (SSSR count). The van der Waals surface area contributed by atoms with Crippen molar-refractivity contribution in [3.8, 4) is 0 Å². The molecule has 1 aromatic rings. The van der Waals surface area contributed by atoms with Crippen molar-refractivity contribution in [3.05, 3.63) is 21.9 Å². The van der Waals surface area contributed by atoms with E-state index >= 15 is 0 Å². The van der Waals surface area contributed by atoms with Crippen LogP contribution in [0.5, 0.6) is 0 Å². The third-order valence-electron chi connectivity index (χ3n) is 4.72. The van der Waals surface area contributed by atoms with Crippen molar-refractivity contribution in [3.63, 3.8) is 0 Å². The van der Waals surface area contributed by atoms with Crippen molar-refractivity contribution < 1.29 is 0 Å². The lowest BCUT2D eigenvalue weighted by Gasteiger charge is -2.38. The van der Waals surface area contributed by atoms with Crippen LogP contribution in [0.3, 0.4) is 0 Å². The third-order valence-corrected chi connectivity index (χ3v) is 5.59. The second-order valence-corrected chi connectivity index (χ2v) is 6.86. The van der Waals surface area contributed by atoms with Crippen LogP contribution in [-0.2, 0) is 0 Å². The molecule has 1 N–H and O–H groups in total. The molecule has 2 heteroatoms. The summed E-state index contributed by atoms with van der Waals surface area (Å²) in [6.07, 6.45) is 8.17. The van der Waals surface area contributed by atoms with Gasteiger partial charge < -0.3 is 5.32 Å². The van der Waals surface area contributed by atoms with Gasteiger partial charge in [0.2, 0.25) is 0 Å². The highest BCUT2D eigenvalue weighted by Crippen LogP contribution is 2.51. The molecule has 1 heterocycles. The van der Waals surface area contributed by atoms with Gasteiger partial charge in [0.05, 0.1) is 0 Å². The van der Waals surface area contributed by atoms with E-state index in [2.05, 4.69) is 37.5 Å². The molecule has 1 fully saturated rings. The minimum absolute atomic E-state index is 0.515.